The Morgan fingerprint density at radius 2 is 1.96 bits per heavy atom. The molecular weight excluding hydrogens is 298 g/mol. The molecule has 1 rings (SSSR count). The molecule has 0 aliphatic rings. The second kappa shape index (κ2) is 9.12. The average molecular weight is 323 g/mol. The predicted octanol–water partition coefficient (Wildman–Crippen LogP) is 1.27. The van der Waals surface area contributed by atoms with Gasteiger partial charge in [-0.05, 0) is 50.8 Å². The molecular formula is C16H25N3O4. The Balaban J connectivity index is 3.04. The number of hydrogen-bond donors (Lipinski definition) is 5. The van der Waals surface area contributed by atoms with Crippen molar-refractivity contribution >= 4 is 17.6 Å². The third-order valence-electron chi connectivity index (χ3n) is 3.48. The van der Waals surface area contributed by atoms with Crippen LogP contribution in [-0.2, 0) is 11.2 Å². The highest BCUT2D eigenvalue weighted by Gasteiger charge is 2.22. The highest BCUT2D eigenvalue weighted by atomic mass is 16.4. The van der Waals surface area contributed by atoms with Crippen molar-refractivity contribution in [3.63, 3.8) is 0 Å². The van der Waals surface area contributed by atoms with Crippen LogP contribution < -0.4 is 16.8 Å². The van der Waals surface area contributed by atoms with Crippen molar-refractivity contribution < 1.29 is 19.8 Å². The van der Waals surface area contributed by atoms with Crippen molar-refractivity contribution in [1.82, 2.24) is 0 Å². The van der Waals surface area contributed by atoms with Gasteiger partial charge in [0, 0.05) is 11.7 Å². The summed E-state index contributed by atoms with van der Waals surface area (Å²) in [5.74, 6) is -2.12. The summed E-state index contributed by atoms with van der Waals surface area (Å²) in [7, 11) is 0. The number of hydrogen-bond acceptors (Lipinski definition) is 5. The summed E-state index contributed by atoms with van der Waals surface area (Å²) >= 11 is 0. The fraction of sp³-hybridized carbons (Fsp3) is 0.500. The van der Waals surface area contributed by atoms with E-state index >= 15 is 0 Å². The van der Waals surface area contributed by atoms with Gasteiger partial charge in [-0.3, -0.25) is 0 Å². The number of unbranched alkanes of at least 4 members (excludes halogenated alkanes) is 1. The first-order valence-corrected chi connectivity index (χ1v) is 7.67. The number of anilines is 1. The molecule has 0 heterocycles. The van der Waals surface area contributed by atoms with E-state index in [1.54, 1.807) is 25.1 Å². The third kappa shape index (κ3) is 5.88. The molecule has 0 aliphatic heterocycles. The summed E-state index contributed by atoms with van der Waals surface area (Å²) in [6.45, 7) is 2.29. The minimum atomic E-state index is -1.10. The van der Waals surface area contributed by atoms with Crippen LogP contribution in [0.4, 0.5) is 5.69 Å². The number of benzene rings is 1. The lowest BCUT2D eigenvalue weighted by Crippen LogP contribution is -2.30. The number of nitrogens with one attached hydrogen (secondary N) is 1. The maximum Gasteiger partial charge on any atom is 0.338 e. The van der Waals surface area contributed by atoms with Crippen molar-refractivity contribution in [1.29, 1.82) is 0 Å². The zero-order chi connectivity index (χ0) is 17.4. The second-order valence-electron chi connectivity index (χ2n) is 5.65. The number of rotatable bonds is 10. The van der Waals surface area contributed by atoms with E-state index < -0.39 is 18.0 Å². The Labute approximate surface area is 135 Å². The maximum absolute atomic E-state index is 11.6. The molecule has 0 aliphatic carbocycles. The highest BCUT2D eigenvalue weighted by molar-refractivity contribution is 5.96. The molecule has 7 heteroatoms. The van der Waals surface area contributed by atoms with Crippen LogP contribution in [0, 0.1) is 0 Å². The molecule has 128 valence electrons. The number of aliphatic carboxylic acids is 1. The Hall–Kier alpha value is -2.12. The molecule has 0 aromatic heterocycles. The molecule has 1 aromatic carbocycles. The normalized spacial score (nSPS) is 13.3. The Morgan fingerprint density at radius 1 is 1.26 bits per heavy atom. The monoisotopic (exact) mass is 323 g/mol. The summed E-state index contributed by atoms with van der Waals surface area (Å²) in [4.78, 5) is 23.0. The second-order valence-corrected chi connectivity index (χ2v) is 5.65. The van der Waals surface area contributed by atoms with Crippen LogP contribution in [0.5, 0.6) is 0 Å². The molecule has 1 aromatic rings. The maximum atomic E-state index is 11.6. The largest absolute Gasteiger partial charge is 0.480 e. The molecule has 0 saturated carbocycles. The van der Waals surface area contributed by atoms with Crippen LogP contribution in [0.3, 0.4) is 0 Å². The van der Waals surface area contributed by atoms with Crippen LogP contribution >= 0.6 is 0 Å². The smallest absolute Gasteiger partial charge is 0.338 e. The first kappa shape index (κ1) is 18.9. The van der Waals surface area contributed by atoms with E-state index in [1.807, 2.05) is 0 Å². The first-order valence-electron chi connectivity index (χ1n) is 7.67. The Kier molecular flexibility index (Phi) is 7.50. The van der Waals surface area contributed by atoms with E-state index in [1.165, 1.54) is 0 Å². The molecule has 0 bridgehead atoms. The lowest BCUT2D eigenvalue weighted by molar-refractivity contribution is -0.138. The molecule has 0 spiro atoms. The summed E-state index contributed by atoms with van der Waals surface area (Å²) in [6.07, 6.45) is 2.16. The van der Waals surface area contributed by atoms with E-state index in [2.05, 4.69) is 5.32 Å². The van der Waals surface area contributed by atoms with E-state index in [0.29, 0.717) is 37.1 Å². The van der Waals surface area contributed by atoms with Gasteiger partial charge in [0.15, 0.2) is 0 Å². The van der Waals surface area contributed by atoms with Crippen molar-refractivity contribution in [3.8, 4) is 0 Å². The molecule has 7 N–H and O–H groups in total. The molecule has 7 nitrogen and oxygen atoms in total. The van der Waals surface area contributed by atoms with Crippen LogP contribution in [-0.4, -0.2) is 40.8 Å². The van der Waals surface area contributed by atoms with Gasteiger partial charge in [-0.1, -0.05) is 12.1 Å². The van der Waals surface area contributed by atoms with Gasteiger partial charge in [-0.2, -0.15) is 0 Å². The number of carbonyl (C=O) groups is 2. The summed E-state index contributed by atoms with van der Waals surface area (Å²) < 4.78 is 0. The van der Waals surface area contributed by atoms with Crippen molar-refractivity contribution in [2.24, 2.45) is 11.5 Å². The molecule has 0 saturated heterocycles. The van der Waals surface area contributed by atoms with E-state index in [4.69, 9.17) is 11.5 Å². The van der Waals surface area contributed by atoms with Crippen molar-refractivity contribution in [3.05, 3.63) is 29.3 Å². The van der Waals surface area contributed by atoms with Crippen molar-refractivity contribution in [2.45, 2.75) is 44.7 Å². The van der Waals surface area contributed by atoms with Gasteiger partial charge in [-0.15, -0.1) is 0 Å². The SMILES string of the molecule is C[C@@H](N)Cc1cccc(N[C@@H](CCCCN)C(=O)O)c1C(=O)O. The predicted molar refractivity (Wildman–Crippen MR) is 88.7 cm³/mol. The lowest BCUT2D eigenvalue weighted by Gasteiger charge is -2.19. The zero-order valence-electron chi connectivity index (χ0n) is 13.3. The topological polar surface area (TPSA) is 139 Å². The van der Waals surface area contributed by atoms with Gasteiger partial charge >= 0.3 is 11.9 Å². The minimum absolute atomic E-state index is 0.0786. The van der Waals surface area contributed by atoms with Gasteiger partial charge in [0.25, 0.3) is 0 Å². The van der Waals surface area contributed by atoms with Gasteiger partial charge in [0.05, 0.1) is 5.56 Å². The fourth-order valence-corrected chi connectivity index (χ4v) is 2.43. The average Bonchev–Trinajstić information content (AvgIpc) is 2.45. The van der Waals surface area contributed by atoms with E-state index in [-0.39, 0.29) is 11.6 Å². The molecule has 0 radical (unpaired) electrons. The summed E-state index contributed by atoms with van der Waals surface area (Å²) in [5, 5.41) is 21.6. The lowest BCUT2D eigenvalue weighted by atomic mass is 9.98. The third-order valence-corrected chi connectivity index (χ3v) is 3.48. The Morgan fingerprint density at radius 3 is 2.48 bits per heavy atom. The minimum Gasteiger partial charge on any atom is -0.480 e. The standard InChI is InChI=1S/C16H25N3O4/c1-10(18)9-11-5-4-7-12(14(11)16(22)23)19-13(15(20)21)6-2-3-8-17/h4-5,7,10,13,19H,2-3,6,8-9,17-18H2,1H3,(H,20,21)(H,22,23)/t10-,13+/m1/s1. The summed E-state index contributed by atoms with van der Waals surface area (Å²) in [5.41, 5.74) is 12.1. The van der Waals surface area contributed by atoms with E-state index in [0.717, 1.165) is 6.42 Å². The molecule has 0 unspecified atom stereocenters. The van der Waals surface area contributed by atoms with Gasteiger partial charge in [0.2, 0.25) is 0 Å². The van der Waals surface area contributed by atoms with Gasteiger partial charge in [-0.25, -0.2) is 9.59 Å². The number of carboxylic acids is 2. The number of nitrogens with two attached hydrogens (primary N) is 2. The van der Waals surface area contributed by atoms with Crippen LogP contribution in [0.1, 0.15) is 42.1 Å². The molecule has 0 fully saturated rings. The summed E-state index contributed by atoms with van der Waals surface area (Å²) in [6, 6.07) is 3.92. The molecule has 2 atom stereocenters. The molecule has 23 heavy (non-hydrogen) atoms. The quantitative estimate of drug-likeness (QED) is 0.409. The van der Waals surface area contributed by atoms with Gasteiger partial charge < -0.3 is 27.0 Å². The number of aromatic carboxylic acids is 1. The highest BCUT2D eigenvalue weighted by Crippen LogP contribution is 2.23. The van der Waals surface area contributed by atoms with Crippen LogP contribution in [0.15, 0.2) is 18.2 Å². The Bertz CT molecular complexity index is 546. The van der Waals surface area contributed by atoms with Crippen LogP contribution in [0.2, 0.25) is 0 Å². The number of carboxylic acid groups (broad SMARTS) is 2. The van der Waals surface area contributed by atoms with E-state index in [9.17, 15) is 19.8 Å². The van der Waals surface area contributed by atoms with Crippen LogP contribution in [0.25, 0.3) is 0 Å². The molecule has 0 amide bonds. The van der Waals surface area contributed by atoms with Gasteiger partial charge in [0.1, 0.15) is 6.04 Å². The first-order chi connectivity index (χ1) is 10.9. The fourth-order valence-electron chi connectivity index (χ4n) is 2.43. The zero-order valence-corrected chi connectivity index (χ0v) is 13.3. The van der Waals surface area contributed by atoms with Crippen molar-refractivity contribution in [2.75, 3.05) is 11.9 Å².